The first-order valence-electron chi connectivity index (χ1n) is 11.4. The van der Waals surface area contributed by atoms with Gasteiger partial charge in [-0.25, -0.2) is 4.98 Å². The van der Waals surface area contributed by atoms with Gasteiger partial charge in [-0.1, -0.05) is 91.0 Å². The smallest absolute Gasteiger partial charge is 0.138 e. The summed E-state index contributed by atoms with van der Waals surface area (Å²) in [6.07, 6.45) is 0. The maximum Gasteiger partial charge on any atom is 0.138 e. The van der Waals surface area contributed by atoms with E-state index in [1.807, 2.05) is 17.4 Å². The maximum atomic E-state index is 5.08. The lowest BCUT2D eigenvalue weighted by Gasteiger charge is -2.09. The van der Waals surface area contributed by atoms with Gasteiger partial charge in [-0.15, -0.1) is 11.3 Å². The van der Waals surface area contributed by atoms with Gasteiger partial charge in [-0.2, -0.15) is 0 Å². The van der Waals surface area contributed by atoms with Crippen LogP contribution in [0.3, 0.4) is 0 Å². The van der Waals surface area contributed by atoms with Crippen LogP contribution in [0.2, 0.25) is 0 Å². The van der Waals surface area contributed by atoms with Crippen molar-refractivity contribution in [3.63, 3.8) is 0 Å². The molecule has 0 fully saturated rings. The molecule has 0 spiro atoms. The van der Waals surface area contributed by atoms with E-state index in [1.54, 1.807) is 0 Å². The molecule has 3 heterocycles. The van der Waals surface area contributed by atoms with Crippen LogP contribution in [0.5, 0.6) is 0 Å². The lowest BCUT2D eigenvalue weighted by molar-refractivity contribution is 1.08. The van der Waals surface area contributed by atoms with E-state index in [-0.39, 0.29) is 0 Å². The Morgan fingerprint density at radius 1 is 0.588 bits per heavy atom. The minimum atomic E-state index is 0.937. The van der Waals surface area contributed by atoms with E-state index in [4.69, 9.17) is 4.98 Å². The average Bonchev–Trinajstić information content (AvgIpc) is 3.49. The van der Waals surface area contributed by atoms with Gasteiger partial charge in [0, 0.05) is 25.9 Å². The summed E-state index contributed by atoms with van der Waals surface area (Å²) in [6, 6.07) is 42.8. The molecule has 0 atom stereocenters. The van der Waals surface area contributed by atoms with E-state index < -0.39 is 0 Å². The van der Waals surface area contributed by atoms with Crippen LogP contribution in [0.1, 0.15) is 0 Å². The second-order valence-electron chi connectivity index (χ2n) is 8.45. The van der Waals surface area contributed by atoms with Crippen molar-refractivity contribution in [1.29, 1.82) is 0 Å². The summed E-state index contributed by atoms with van der Waals surface area (Å²) in [6.45, 7) is 0. The molecule has 0 saturated carbocycles. The monoisotopic (exact) mass is 452 g/mol. The van der Waals surface area contributed by atoms with Crippen LogP contribution in [-0.2, 0) is 0 Å². The molecular weight excluding hydrogens is 432 g/mol. The van der Waals surface area contributed by atoms with E-state index in [0.717, 1.165) is 17.1 Å². The predicted octanol–water partition coefficient (Wildman–Crippen LogP) is 8.73. The molecule has 2 nitrogen and oxygen atoms in total. The Labute approximate surface area is 201 Å². The third-order valence-electron chi connectivity index (χ3n) is 6.41. The van der Waals surface area contributed by atoms with Crippen molar-refractivity contribution in [3.8, 4) is 27.5 Å². The molecule has 3 heteroatoms. The fourth-order valence-electron chi connectivity index (χ4n) is 4.86. The largest absolute Gasteiger partial charge is 0.294 e. The van der Waals surface area contributed by atoms with Gasteiger partial charge < -0.3 is 0 Å². The molecule has 0 bridgehead atoms. The van der Waals surface area contributed by atoms with Crippen molar-refractivity contribution < 1.29 is 0 Å². The molecule has 7 aromatic rings. The highest BCUT2D eigenvalue weighted by atomic mass is 32.1. The molecule has 34 heavy (non-hydrogen) atoms. The number of aromatic nitrogens is 2. The molecular formula is C31H20N2S. The van der Waals surface area contributed by atoms with Gasteiger partial charge in [0.1, 0.15) is 5.82 Å². The highest BCUT2D eigenvalue weighted by Gasteiger charge is 2.17. The normalized spacial score (nSPS) is 11.5. The summed E-state index contributed by atoms with van der Waals surface area (Å²) in [5.74, 6) is 0.937. The molecule has 0 amide bonds. The fraction of sp³-hybridized carbons (Fsp3) is 0. The minimum Gasteiger partial charge on any atom is -0.294 e. The summed E-state index contributed by atoms with van der Waals surface area (Å²) < 4.78 is 3.63. The predicted molar refractivity (Wildman–Crippen MR) is 145 cm³/mol. The van der Waals surface area contributed by atoms with Crippen LogP contribution in [0.4, 0.5) is 0 Å². The number of hydrogen-bond donors (Lipinski definition) is 0. The van der Waals surface area contributed by atoms with Crippen molar-refractivity contribution in [3.05, 3.63) is 121 Å². The SMILES string of the molecule is c1ccc(-c2cccc(-n3c4ccccc4c4c5sc(-c6ccccc6)cc5ccc43)n2)cc1. The summed E-state index contributed by atoms with van der Waals surface area (Å²) in [7, 11) is 0. The lowest BCUT2D eigenvalue weighted by atomic mass is 10.1. The van der Waals surface area contributed by atoms with Crippen LogP contribution in [-0.4, -0.2) is 9.55 Å². The molecule has 3 aromatic heterocycles. The van der Waals surface area contributed by atoms with Crippen LogP contribution >= 0.6 is 11.3 Å². The molecule has 0 N–H and O–H groups in total. The quantitative estimate of drug-likeness (QED) is 0.262. The molecule has 0 unspecified atom stereocenters. The first-order valence-corrected chi connectivity index (χ1v) is 12.2. The summed E-state index contributed by atoms with van der Waals surface area (Å²) in [5, 5.41) is 3.84. The zero-order valence-corrected chi connectivity index (χ0v) is 19.2. The molecule has 160 valence electrons. The number of hydrogen-bond acceptors (Lipinski definition) is 2. The summed E-state index contributed by atoms with van der Waals surface area (Å²) >= 11 is 1.87. The molecule has 0 aliphatic carbocycles. The topological polar surface area (TPSA) is 17.8 Å². The number of rotatable bonds is 3. The first kappa shape index (κ1) is 19.3. The lowest BCUT2D eigenvalue weighted by Crippen LogP contribution is -1.98. The van der Waals surface area contributed by atoms with Crippen molar-refractivity contribution in [2.24, 2.45) is 0 Å². The second kappa shape index (κ2) is 7.68. The highest BCUT2D eigenvalue weighted by Crippen LogP contribution is 2.42. The zero-order valence-electron chi connectivity index (χ0n) is 18.3. The fourth-order valence-corrected chi connectivity index (χ4v) is 6.08. The molecule has 0 aliphatic heterocycles. The highest BCUT2D eigenvalue weighted by molar-refractivity contribution is 7.23. The Balaban J connectivity index is 1.52. The molecule has 4 aromatic carbocycles. The Morgan fingerprint density at radius 3 is 2.15 bits per heavy atom. The van der Waals surface area contributed by atoms with Gasteiger partial charge in [0.05, 0.1) is 16.7 Å². The number of para-hydroxylation sites is 1. The van der Waals surface area contributed by atoms with Gasteiger partial charge >= 0.3 is 0 Å². The zero-order chi connectivity index (χ0) is 22.5. The van der Waals surface area contributed by atoms with Gasteiger partial charge in [0.2, 0.25) is 0 Å². The summed E-state index contributed by atoms with van der Waals surface area (Å²) in [4.78, 5) is 6.38. The number of nitrogens with zero attached hydrogens (tertiary/aromatic N) is 2. The first-order chi connectivity index (χ1) is 16.9. The van der Waals surface area contributed by atoms with Gasteiger partial charge in [0.25, 0.3) is 0 Å². The second-order valence-corrected chi connectivity index (χ2v) is 9.51. The molecule has 0 radical (unpaired) electrons. The van der Waals surface area contributed by atoms with Crippen LogP contribution < -0.4 is 0 Å². The maximum absolute atomic E-state index is 5.08. The number of pyridine rings is 1. The number of benzene rings is 4. The number of thiophene rings is 1. The number of fused-ring (bicyclic) bond motifs is 5. The van der Waals surface area contributed by atoms with Crippen molar-refractivity contribution >= 4 is 43.2 Å². The average molecular weight is 453 g/mol. The molecule has 0 saturated heterocycles. The van der Waals surface area contributed by atoms with Crippen molar-refractivity contribution in [1.82, 2.24) is 9.55 Å². The van der Waals surface area contributed by atoms with E-state index in [0.29, 0.717) is 0 Å². The van der Waals surface area contributed by atoms with Crippen molar-refractivity contribution in [2.45, 2.75) is 0 Å². The van der Waals surface area contributed by atoms with Crippen LogP contribution in [0, 0.1) is 0 Å². The standard InChI is InChI=1S/C31H20N2S/c1-3-10-21(11-4-1)25-15-9-17-29(32-25)33-26-16-8-7-14-24(26)30-27(33)19-18-23-20-28(34-31(23)30)22-12-5-2-6-13-22/h1-20H. The van der Waals surface area contributed by atoms with Gasteiger partial charge in [-0.3, -0.25) is 4.57 Å². The van der Waals surface area contributed by atoms with Crippen molar-refractivity contribution in [2.75, 3.05) is 0 Å². The summed E-state index contributed by atoms with van der Waals surface area (Å²) in [5.41, 5.74) is 5.73. The Bertz CT molecular complexity index is 1790. The van der Waals surface area contributed by atoms with E-state index in [9.17, 15) is 0 Å². The van der Waals surface area contributed by atoms with E-state index >= 15 is 0 Å². The third kappa shape index (κ3) is 2.98. The Kier molecular flexibility index (Phi) is 4.36. The minimum absolute atomic E-state index is 0.937. The van der Waals surface area contributed by atoms with Gasteiger partial charge in [-0.05, 0) is 41.3 Å². The third-order valence-corrected chi connectivity index (χ3v) is 7.63. The van der Waals surface area contributed by atoms with Gasteiger partial charge in [0.15, 0.2) is 0 Å². The Morgan fingerprint density at radius 2 is 1.32 bits per heavy atom. The molecule has 7 rings (SSSR count). The Hall–Kier alpha value is -4.21. The van der Waals surface area contributed by atoms with Crippen LogP contribution in [0.25, 0.3) is 59.4 Å². The van der Waals surface area contributed by atoms with Crippen LogP contribution in [0.15, 0.2) is 121 Å². The van der Waals surface area contributed by atoms with E-state index in [2.05, 4.69) is 120 Å². The molecule has 0 aliphatic rings. The van der Waals surface area contributed by atoms with E-state index in [1.165, 1.54) is 42.3 Å².